The van der Waals surface area contributed by atoms with E-state index in [0.29, 0.717) is 39.7 Å². The number of amides is 2. The van der Waals surface area contributed by atoms with Gasteiger partial charge in [-0.3, -0.25) is 9.59 Å². The van der Waals surface area contributed by atoms with E-state index in [1.807, 2.05) is 6.26 Å². The van der Waals surface area contributed by atoms with E-state index in [1.54, 1.807) is 61.2 Å². The zero-order chi connectivity index (χ0) is 20.1. The standard InChI is InChI=1S/C20H20ClN3O3S/c1-12-22-17-11-13(7-8-18(17)27-12)23-20(26)16(9-10-28-2)24-19(25)14-5-3-4-6-15(14)21/h3-8,11,16H,9-10H2,1-2H3,(H,23,26)(H,24,25). The third kappa shape index (κ3) is 4.85. The quantitative estimate of drug-likeness (QED) is 0.599. The summed E-state index contributed by atoms with van der Waals surface area (Å²) in [5.41, 5.74) is 2.25. The third-order valence-corrected chi connectivity index (χ3v) is 5.09. The predicted octanol–water partition coefficient (Wildman–Crippen LogP) is 4.28. The largest absolute Gasteiger partial charge is 0.441 e. The zero-order valence-corrected chi connectivity index (χ0v) is 17.1. The topological polar surface area (TPSA) is 84.2 Å². The van der Waals surface area contributed by atoms with E-state index in [2.05, 4.69) is 15.6 Å². The molecule has 1 aromatic heterocycles. The number of hydrogen-bond donors (Lipinski definition) is 2. The number of carbonyl (C=O) groups is 2. The van der Waals surface area contributed by atoms with Gasteiger partial charge in [-0.1, -0.05) is 23.7 Å². The number of fused-ring (bicyclic) bond motifs is 1. The zero-order valence-electron chi connectivity index (χ0n) is 15.5. The maximum Gasteiger partial charge on any atom is 0.253 e. The van der Waals surface area contributed by atoms with Crippen molar-refractivity contribution in [3.8, 4) is 0 Å². The Morgan fingerprint density at radius 1 is 1.25 bits per heavy atom. The lowest BCUT2D eigenvalue weighted by atomic mass is 10.1. The van der Waals surface area contributed by atoms with Crippen LogP contribution in [0.1, 0.15) is 22.7 Å². The molecule has 1 unspecified atom stereocenters. The van der Waals surface area contributed by atoms with Gasteiger partial charge in [0.2, 0.25) is 5.91 Å². The lowest BCUT2D eigenvalue weighted by molar-refractivity contribution is -0.118. The fourth-order valence-corrected chi connectivity index (χ4v) is 3.43. The van der Waals surface area contributed by atoms with Crippen LogP contribution in [0.25, 0.3) is 11.1 Å². The van der Waals surface area contributed by atoms with Gasteiger partial charge in [-0.15, -0.1) is 0 Å². The molecule has 1 heterocycles. The summed E-state index contributed by atoms with van der Waals surface area (Å²) in [7, 11) is 0. The number of halogens is 1. The average Bonchev–Trinajstić information content (AvgIpc) is 3.04. The molecule has 0 spiro atoms. The van der Waals surface area contributed by atoms with Crippen LogP contribution >= 0.6 is 23.4 Å². The molecule has 2 amide bonds. The van der Waals surface area contributed by atoms with E-state index >= 15 is 0 Å². The van der Waals surface area contributed by atoms with Crippen LogP contribution < -0.4 is 10.6 Å². The van der Waals surface area contributed by atoms with E-state index < -0.39 is 6.04 Å². The molecule has 0 saturated heterocycles. The summed E-state index contributed by atoms with van der Waals surface area (Å²) in [6.45, 7) is 1.76. The summed E-state index contributed by atoms with van der Waals surface area (Å²) >= 11 is 7.70. The van der Waals surface area contributed by atoms with E-state index in [1.165, 1.54) is 0 Å². The number of rotatable bonds is 7. The number of aromatic nitrogens is 1. The molecule has 28 heavy (non-hydrogen) atoms. The Bertz CT molecular complexity index is 1010. The Morgan fingerprint density at radius 2 is 2.04 bits per heavy atom. The van der Waals surface area contributed by atoms with Crippen molar-refractivity contribution < 1.29 is 14.0 Å². The molecule has 0 aliphatic heterocycles. The first-order valence-electron chi connectivity index (χ1n) is 8.70. The highest BCUT2D eigenvalue weighted by Crippen LogP contribution is 2.20. The molecule has 2 aromatic carbocycles. The van der Waals surface area contributed by atoms with Gasteiger partial charge in [-0.2, -0.15) is 11.8 Å². The first kappa shape index (κ1) is 20.2. The highest BCUT2D eigenvalue weighted by atomic mass is 35.5. The molecule has 2 N–H and O–H groups in total. The Kier molecular flexibility index (Phi) is 6.59. The summed E-state index contributed by atoms with van der Waals surface area (Å²) in [5.74, 6) is 0.606. The number of carbonyl (C=O) groups excluding carboxylic acids is 2. The van der Waals surface area contributed by atoms with Crippen molar-refractivity contribution in [1.29, 1.82) is 0 Å². The minimum atomic E-state index is -0.689. The first-order valence-corrected chi connectivity index (χ1v) is 10.5. The van der Waals surface area contributed by atoms with E-state index in [9.17, 15) is 9.59 Å². The SMILES string of the molecule is CSCCC(NC(=O)c1ccccc1Cl)C(=O)Nc1ccc2oc(C)nc2c1. The molecule has 0 fully saturated rings. The van der Waals surface area contributed by atoms with E-state index in [4.69, 9.17) is 16.0 Å². The van der Waals surface area contributed by atoms with Crippen LogP contribution in [0.5, 0.6) is 0 Å². The van der Waals surface area contributed by atoms with Crippen LogP contribution in [0.3, 0.4) is 0 Å². The van der Waals surface area contributed by atoms with Gasteiger partial charge in [-0.05, 0) is 48.8 Å². The van der Waals surface area contributed by atoms with Crippen LogP contribution in [0.2, 0.25) is 5.02 Å². The fraction of sp³-hybridized carbons (Fsp3) is 0.250. The molecule has 0 radical (unpaired) electrons. The second kappa shape index (κ2) is 9.12. The smallest absolute Gasteiger partial charge is 0.253 e. The number of benzene rings is 2. The van der Waals surface area contributed by atoms with Gasteiger partial charge in [0, 0.05) is 12.6 Å². The van der Waals surface area contributed by atoms with Crippen LogP contribution in [0.4, 0.5) is 5.69 Å². The lowest BCUT2D eigenvalue weighted by Gasteiger charge is -2.18. The Labute approximate surface area is 172 Å². The van der Waals surface area contributed by atoms with Crippen molar-refractivity contribution in [1.82, 2.24) is 10.3 Å². The Morgan fingerprint density at radius 3 is 2.79 bits per heavy atom. The molecule has 0 aliphatic rings. The Hall–Kier alpha value is -2.51. The molecule has 6 nitrogen and oxygen atoms in total. The van der Waals surface area contributed by atoms with Crippen molar-refractivity contribution in [3.05, 3.63) is 58.9 Å². The predicted molar refractivity (Wildman–Crippen MR) is 113 cm³/mol. The Balaban J connectivity index is 1.74. The van der Waals surface area contributed by atoms with Gasteiger partial charge in [-0.25, -0.2) is 4.98 Å². The van der Waals surface area contributed by atoms with Crippen molar-refractivity contribution in [2.75, 3.05) is 17.3 Å². The van der Waals surface area contributed by atoms with Crippen molar-refractivity contribution in [3.63, 3.8) is 0 Å². The maximum atomic E-state index is 12.8. The molecule has 146 valence electrons. The van der Waals surface area contributed by atoms with Crippen molar-refractivity contribution in [2.45, 2.75) is 19.4 Å². The molecule has 3 aromatic rings. The molecular formula is C20H20ClN3O3S. The first-order chi connectivity index (χ1) is 13.5. The number of thioether (sulfide) groups is 1. The van der Waals surface area contributed by atoms with Gasteiger partial charge in [0.1, 0.15) is 11.6 Å². The molecular weight excluding hydrogens is 398 g/mol. The number of nitrogens with zero attached hydrogens (tertiary/aromatic N) is 1. The highest BCUT2D eigenvalue weighted by molar-refractivity contribution is 7.98. The second-order valence-corrected chi connectivity index (χ2v) is 7.58. The van der Waals surface area contributed by atoms with Crippen molar-refractivity contribution in [2.24, 2.45) is 0 Å². The molecule has 8 heteroatoms. The van der Waals surface area contributed by atoms with E-state index in [0.717, 1.165) is 5.75 Å². The van der Waals surface area contributed by atoms with Gasteiger partial charge in [0.15, 0.2) is 11.5 Å². The molecule has 0 bridgehead atoms. The van der Waals surface area contributed by atoms with Crippen LogP contribution in [-0.4, -0.2) is 34.8 Å². The summed E-state index contributed by atoms with van der Waals surface area (Å²) < 4.78 is 5.45. The molecule has 1 atom stereocenters. The summed E-state index contributed by atoms with van der Waals surface area (Å²) in [4.78, 5) is 29.6. The molecule has 3 rings (SSSR count). The number of oxazole rings is 1. The third-order valence-electron chi connectivity index (χ3n) is 4.11. The number of anilines is 1. The lowest BCUT2D eigenvalue weighted by Crippen LogP contribution is -2.44. The molecule has 0 aliphatic carbocycles. The number of hydrogen-bond acceptors (Lipinski definition) is 5. The average molecular weight is 418 g/mol. The highest BCUT2D eigenvalue weighted by Gasteiger charge is 2.22. The van der Waals surface area contributed by atoms with E-state index in [-0.39, 0.29) is 11.8 Å². The summed E-state index contributed by atoms with van der Waals surface area (Å²) in [6.07, 6.45) is 2.44. The van der Waals surface area contributed by atoms with Crippen LogP contribution in [0.15, 0.2) is 46.9 Å². The van der Waals surface area contributed by atoms with Crippen molar-refractivity contribution >= 4 is 52.0 Å². The second-order valence-electron chi connectivity index (χ2n) is 6.19. The fourth-order valence-electron chi connectivity index (χ4n) is 2.74. The van der Waals surface area contributed by atoms with Gasteiger partial charge in [0.25, 0.3) is 5.91 Å². The van der Waals surface area contributed by atoms with Gasteiger partial charge in [0.05, 0.1) is 10.6 Å². The number of nitrogens with one attached hydrogen (secondary N) is 2. The maximum absolute atomic E-state index is 12.8. The van der Waals surface area contributed by atoms with Crippen LogP contribution in [-0.2, 0) is 4.79 Å². The minimum Gasteiger partial charge on any atom is -0.441 e. The molecule has 0 saturated carbocycles. The normalized spacial score (nSPS) is 12.0. The summed E-state index contributed by atoms with van der Waals surface area (Å²) in [5, 5.41) is 5.98. The van der Waals surface area contributed by atoms with Gasteiger partial charge >= 0.3 is 0 Å². The minimum absolute atomic E-state index is 0.297. The van der Waals surface area contributed by atoms with Crippen LogP contribution in [0, 0.1) is 6.92 Å². The van der Waals surface area contributed by atoms with Gasteiger partial charge < -0.3 is 15.1 Å². The summed E-state index contributed by atoms with van der Waals surface area (Å²) in [6, 6.07) is 11.3. The monoisotopic (exact) mass is 417 g/mol. The number of aryl methyl sites for hydroxylation is 1.